The number of para-hydroxylation sites is 2. The van der Waals surface area contributed by atoms with Gasteiger partial charge >= 0.3 is 0 Å². The van der Waals surface area contributed by atoms with Gasteiger partial charge < -0.3 is 10.5 Å². The molecule has 8 heteroatoms. The highest BCUT2D eigenvalue weighted by molar-refractivity contribution is 7.92. The van der Waals surface area contributed by atoms with E-state index in [1.165, 1.54) is 18.3 Å². The molecule has 0 bridgehead atoms. The lowest BCUT2D eigenvalue weighted by molar-refractivity contribution is 0.330. The Morgan fingerprint density at radius 3 is 2.71 bits per heavy atom. The van der Waals surface area contributed by atoms with Crippen LogP contribution in [0.5, 0.6) is 5.75 Å². The van der Waals surface area contributed by atoms with Crippen molar-refractivity contribution >= 4 is 15.7 Å². The van der Waals surface area contributed by atoms with Gasteiger partial charge in [-0.05, 0) is 24.3 Å². The summed E-state index contributed by atoms with van der Waals surface area (Å²) in [6, 6.07) is 8.74. The Bertz CT molecular complexity index is 722. The monoisotopic (exact) mass is 311 g/mol. The number of nitrogens with two attached hydrogens (primary N) is 1. The van der Waals surface area contributed by atoms with Crippen molar-refractivity contribution in [3.63, 3.8) is 0 Å². The van der Waals surface area contributed by atoms with Crippen LogP contribution in [-0.4, -0.2) is 26.6 Å². The van der Waals surface area contributed by atoms with E-state index in [9.17, 15) is 12.8 Å². The van der Waals surface area contributed by atoms with Gasteiger partial charge in [0.15, 0.2) is 5.82 Å². The Morgan fingerprint density at radius 1 is 1.24 bits per heavy atom. The zero-order chi connectivity index (χ0) is 15.3. The maximum atomic E-state index is 13.6. The summed E-state index contributed by atoms with van der Waals surface area (Å²) in [7, 11) is -4.14. The maximum absolute atomic E-state index is 13.6. The fourth-order valence-electron chi connectivity index (χ4n) is 1.61. The van der Waals surface area contributed by atoms with Crippen LogP contribution in [-0.2, 0) is 10.0 Å². The van der Waals surface area contributed by atoms with Crippen LogP contribution < -0.4 is 15.2 Å². The average molecular weight is 311 g/mol. The van der Waals surface area contributed by atoms with E-state index in [1.54, 1.807) is 18.2 Å². The van der Waals surface area contributed by atoms with Crippen molar-refractivity contribution < 1.29 is 17.5 Å². The van der Waals surface area contributed by atoms with Gasteiger partial charge in [-0.15, -0.1) is 0 Å². The van der Waals surface area contributed by atoms with Crippen LogP contribution in [0.3, 0.4) is 0 Å². The van der Waals surface area contributed by atoms with Crippen molar-refractivity contribution in [3.8, 4) is 5.75 Å². The van der Waals surface area contributed by atoms with Gasteiger partial charge in [0, 0.05) is 12.7 Å². The third kappa shape index (κ3) is 3.67. The average Bonchev–Trinajstić information content (AvgIpc) is 2.46. The molecule has 2 aromatic rings. The first-order valence-corrected chi connectivity index (χ1v) is 7.58. The molecule has 0 aliphatic rings. The molecule has 0 fully saturated rings. The maximum Gasteiger partial charge on any atom is 0.282 e. The van der Waals surface area contributed by atoms with Crippen molar-refractivity contribution in [2.24, 2.45) is 5.73 Å². The number of ether oxygens (including phenoxy) is 1. The third-order valence-electron chi connectivity index (χ3n) is 2.49. The van der Waals surface area contributed by atoms with Crippen LogP contribution in [0.1, 0.15) is 0 Å². The highest BCUT2D eigenvalue weighted by atomic mass is 32.2. The normalized spacial score (nSPS) is 11.1. The summed E-state index contributed by atoms with van der Waals surface area (Å²) in [5, 5.41) is -0.668. The van der Waals surface area contributed by atoms with E-state index in [-0.39, 0.29) is 18.8 Å². The van der Waals surface area contributed by atoms with E-state index in [0.29, 0.717) is 5.75 Å². The van der Waals surface area contributed by atoms with Crippen LogP contribution >= 0.6 is 0 Å². The van der Waals surface area contributed by atoms with Crippen LogP contribution in [0.25, 0.3) is 0 Å². The number of anilines is 1. The minimum absolute atomic E-state index is 0.191. The van der Waals surface area contributed by atoms with Crippen molar-refractivity contribution in [1.29, 1.82) is 0 Å². The van der Waals surface area contributed by atoms with E-state index in [4.69, 9.17) is 10.5 Å². The Morgan fingerprint density at radius 2 is 2.00 bits per heavy atom. The van der Waals surface area contributed by atoms with E-state index in [0.717, 1.165) is 6.07 Å². The molecule has 3 N–H and O–H groups in total. The fourth-order valence-corrected chi connectivity index (χ4v) is 2.69. The Kier molecular flexibility index (Phi) is 4.71. The van der Waals surface area contributed by atoms with Gasteiger partial charge in [0.2, 0.25) is 5.03 Å². The molecular formula is C13H14FN3O3S. The van der Waals surface area contributed by atoms with Gasteiger partial charge in [-0.2, -0.15) is 8.42 Å². The molecular weight excluding hydrogens is 297 g/mol. The Balaban J connectivity index is 2.31. The van der Waals surface area contributed by atoms with Gasteiger partial charge in [0.25, 0.3) is 10.0 Å². The lowest BCUT2D eigenvalue weighted by Gasteiger charge is -2.12. The Labute approximate surface area is 121 Å². The number of nitrogens with one attached hydrogen (secondary N) is 1. The smallest absolute Gasteiger partial charge is 0.282 e. The van der Waals surface area contributed by atoms with Crippen molar-refractivity contribution in [2.45, 2.75) is 5.03 Å². The number of rotatable bonds is 6. The summed E-state index contributed by atoms with van der Waals surface area (Å²) in [5.74, 6) is -0.617. The summed E-state index contributed by atoms with van der Waals surface area (Å²) in [4.78, 5) is 3.55. The number of benzene rings is 1. The summed E-state index contributed by atoms with van der Waals surface area (Å²) in [6.45, 7) is 0.520. The quantitative estimate of drug-likeness (QED) is 0.840. The zero-order valence-electron chi connectivity index (χ0n) is 11.0. The molecule has 1 aromatic carbocycles. The second kappa shape index (κ2) is 6.51. The number of sulfonamides is 1. The molecule has 0 aliphatic heterocycles. The second-order valence-corrected chi connectivity index (χ2v) is 5.63. The number of nitrogens with zero attached hydrogens (tertiary/aromatic N) is 1. The molecule has 6 nitrogen and oxygen atoms in total. The van der Waals surface area contributed by atoms with E-state index >= 15 is 0 Å². The minimum Gasteiger partial charge on any atom is -0.490 e. The lowest BCUT2D eigenvalue weighted by atomic mass is 10.3. The summed E-state index contributed by atoms with van der Waals surface area (Å²) in [6.07, 6.45) is 1.20. The van der Waals surface area contributed by atoms with E-state index in [1.807, 2.05) is 0 Å². The van der Waals surface area contributed by atoms with Gasteiger partial charge in [0.05, 0.1) is 5.69 Å². The highest BCUT2D eigenvalue weighted by Crippen LogP contribution is 2.26. The number of pyridine rings is 1. The van der Waals surface area contributed by atoms with Gasteiger partial charge in [-0.3, -0.25) is 4.72 Å². The van der Waals surface area contributed by atoms with Crippen LogP contribution in [0.4, 0.5) is 10.1 Å². The standard InChI is InChI=1S/C13H14FN3O3S/c14-10-4-3-8-16-13(10)21(18,19)17-11-5-1-2-6-12(11)20-9-7-15/h1-6,8,17H,7,9,15H2. The lowest BCUT2D eigenvalue weighted by Crippen LogP contribution is -2.17. The highest BCUT2D eigenvalue weighted by Gasteiger charge is 2.21. The summed E-state index contributed by atoms with van der Waals surface area (Å²) >= 11 is 0. The van der Waals surface area contributed by atoms with E-state index < -0.39 is 20.9 Å². The first-order valence-electron chi connectivity index (χ1n) is 6.10. The molecule has 0 radical (unpaired) electrons. The largest absolute Gasteiger partial charge is 0.490 e. The van der Waals surface area contributed by atoms with Gasteiger partial charge in [0.1, 0.15) is 12.4 Å². The predicted octanol–water partition coefficient (Wildman–Crippen LogP) is 1.36. The first kappa shape index (κ1) is 15.2. The van der Waals surface area contributed by atoms with Crippen molar-refractivity contribution in [2.75, 3.05) is 17.9 Å². The number of hydrogen-bond acceptors (Lipinski definition) is 5. The van der Waals surface area contributed by atoms with Crippen molar-refractivity contribution in [3.05, 3.63) is 48.4 Å². The molecule has 1 heterocycles. The predicted molar refractivity (Wildman–Crippen MR) is 76.0 cm³/mol. The third-order valence-corrected chi connectivity index (χ3v) is 3.78. The molecule has 0 spiro atoms. The summed E-state index contributed by atoms with van der Waals surface area (Å²) < 4.78 is 45.5. The number of halogens is 1. The molecule has 112 valence electrons. The summed E-state index contributed by atoms with van der Waals surface area (Å²) in [5.41, 5.74) is 5.53. The molecule has 0 saturated heterocycles. The molecule has 21 heavy (non-hydrogen) atoms. The number of hydrogen-bond donors (Lipinski definition) is 2. The van der Waals surface area contributed by atoms with Crippen LogP contribution in [0, 0.1) is 5.82 Å². The molecule has 0 atom stereocenters. The number of aromatic nitrogens is 1. The van der Waals surface area contributed by atoms with E-state index in [2.05, 4.69) is 9.71 Å². The molecule has 2 rings (SSSR count). The van der Waals surface area contributed by atoms with Crippen LogP contribution in [0.15, 0.2) is 47.6 Å². The minimum atomic E-state index is -4.14. The molecule has 0 unspecified atom stereocenters. The fraction of sp³-hybridized carbons (Fsp3) is 0.154. The second-order valence-electron chi connectivity index (χ2n) is 4.03. The topological polar surface area (TPSA) is 94.3 Å². The molecule has 1 aromatic heterocycles. The van der Waals surface area contributed by atoms with Gasteiger partial charge in [-0.1, -0.05) is 12.1 Å². The Hall–Kier alpha value is -2.19. The zero-order valence-corrected chi connectivity index (χ0v) is 11.8. The van der Waals surface area contributed by atoms with Crippen molar-refractivity contribution in [1.82, 2.24) is 4.98 Å². The molecule has 0 amide bonds. The first-order chi connectivity index (χ1) is 10.0. The SMILES string of the molecule is NCCOc1ccccc1NS(=O)(=O)c1ncccc1F. The molecule has 0 saturated carbocycles. The van der Waals surface area contributed by atoms with Crippen LogP contribution in [0.2, 0.25) is 0 Å². The molecule has 0 aliphatic carbocycles. The van der Waals surface area contributed by atoms with Gasteiger partial charge in [-0.25, -0.2) is 9.37 Å².